The molecule has 0 saturated heterocycles. The zero-order valence-electron chi connectivity index (χ0n) is 13.7. The molecule has 118 valence electrons. The quantitative estimate of drug-likeness (QED) is 0.307. The van der Waals surface area contributed by atoms with Crippen LogP contribution in [-0.4, -0.2) is 37.4 Å². The van der Waals surface area contributed by atoms with E-state index in [9.17, 15) is 4.79 Å². The number of aliphatic imine (C=N–C) groups is 1. The largest absolute Gasteiger partial charge is 0.376 e. The molecule has 0 aromatic rings. The molecule has 0 saturated carbocycles. The smallest absolute Gasteiger partial charge is 0.235 e. The van der Waals surface area contributed by atoms with Crippen LogP contribution in [0.3, 0.4) is 0 Å². The van der Waals surface area contributed by atoms with Gasteiger partial charge in [-0.2, -0.15) is 0 Å². The molecule has 0 aliphatic heterocycles. The molecule has 0 aromatic heterocycles. The van der Waals surface area contributed by atoms with Crippen molar-refractivity contribution in [1.82, 2.24) is 10.6 Å². The normalized spacial score (nSPS) is 13.9. The number of nitrogens with zero attached hydrogens (tertiary/aromatic N) is 1. The summed E-state index contributed by atoms with van der Waals surface area (Å²) in [5.74, 6) is -0.277. The molecular formula is C15H32N4O. The number of nitrogens with two attached hydrogens (primary N) is 1. The van der Waals surface area contributed by atoms with E-state index in [0.29, 0.717) is 0 Å². The van der Waals surface area contributed by atoms with E-state index in [-0.39, 0.29) is 23.4 Å². The standard InChI is InChI=1S/C15H32N4O/c1-6-9-17-11-18-10-7-8-15(4,5)13(14(16)20)19-12(2)3/h11-13,19H,6-10H2,1-5H3,(H2,16,20)(H,17,18). The molecule has 5 heteroatoms. The van der Waals surface area contributed by atoms with E-state index in [0.717, 1.165) is 32.4 Å². The minimum atomic E-state index is -0.295. The van der Waals surface area contributed by atoms with Crippen molar-refractivity contribution in [3.63, 3.8) is 0 Å². The van der Waals surface area contributed by atoms with Gasteiger partial charge in [-0.3, -0.25) is 9.79 Å². The van der Waals surface area contributed by atoms with Gasteiger partial charge in [-0.05, 0) is 24.7 Å². The van der Waals surface area contributed by atoms with E-state index in [1.54, 1.807) is 6.34 Å². The molecule has 0 aliphatic rings. The van der Waals surface area contributed by atoms with E-state index < -0.39 is 0 Å². The lowest BCUT2D eigenvalue weighted by atomic mass is 9.79. The van der Waals surface area contributed by atoms with Gasteiger partial charge < -0.3 is 16.4 Å². The van der Waals surface area contributed by atoms with Crippen LogP contribution in [-0.2, 0) is 4.79 Å². The topological polar surface area (TPSA) is 79.5 Å². The lowest BCUT2D eigenvalue weighted by molar-refractivity contribution is -0.123. The third-order valence-electron chi connectivity index (χ3n) is 3.24. The summed E-state index contributed by atoms with van der Waals surface area (Å²) in [6.45, 7) is 12.1. The Hall–Kier alpha value is -1.10. The highest BCUT2D eigenvalue weighted by Gasteiger charge is 2.33. The number of amides is 1. The molecule has 0 radical (unpaired) electrons. The summed E-state index contributed by atoms with van der Waals surface area (Å²) in [4.78, 5) is 15.8. The highest BCUT2D eigenvalue weighted by molar-refractivity contribution is 5.80. The highest BCUT2D eigenvalue weighted by atomic mass is 16.1. The van der Waals surface area contributed by atoms with Crippen molar-refractivity contribution < 1.29 is 4.79 Å². The fourth-order valence-electron chi connectivity index (χ4n) is 2.14. The van der Waals surface area contributed by atoms with Gasteiger partial charge in [0.1, 0.15) is 0 Å². The van der Waals surface area contributed by atoms with Crippen LogP contribution in [0, 0.1) is 5.41 Å². The second-order valence-electron chi connectivity index (χ2n) is 6.24. The van der Waals surface area contributed by atoms with Crippen molar-refractivity contribution in [2.75, 3.05) is 13.1 Å². The summed E-state index contributed by atoms with van der Waals surface area (Å²) >= 11 is 0. The van der Waals surface area contributed by atoms with Gasteiger partial charge >= 0.3 is 0 Å². The molecule has 5 nitrogen and oxygen atoms in total. The number of carbonyl (C=O) groups is 1. The molecule has 1 amide bonds. The van der Waals surface area contributed by atoms with Crippen molar-refractivity contribution >= 4 is 12.2 Å². The Bertz CT molecular complexity index is 300. The summed E-state index contributed by atoms with van der Waals surface area (Å²) < 4.78 is 0. The molecule has 0 fully saturated rings. The average molecular weight is 284 g/mol. The van der Waals surface area contributed by atoms with Crippen LogP contribution in [0.2, 0.25) is 0 Å². The zero-order valence-corrected chi connectivity index (χ0v) is 13.7. The summed E-state index contributed by atoms with van der Waals surface area (Å²) in [6, 6.07) is -0.0534. The van der Waals surface area contributed by atoms with Crippen molar-refractivity contribution in [3.8, 4) is 0 Å². The average Bonchev–Trinajstić information content (AvgIpc) is 2.34. The molecule has 4 N–H and O–H groups in total. The fraction of sp³-hybridized carbons (Fsp3) is 0.867. The van der Waals surface area contributed by atoms with Crippen molar-refractivity contribution in [2.24, 2.45) is 16.1 Å². The van der Waals surface area contributed by atoms with Gasteiger partial charge in [0.05, 0.1) is 12.4 Å². The Morgan fingerprint density at radius 2 is 2.05 bits per heavy atom. The van der Waals surface area contributed by atoms with Gasteiger partial charge in [-0.15, -0.1) is 0 Å². The number of hydrogen-bond acceptors (Lipinski definition) is 3. The minimum Gasteiger partial charge on any atom is -0.376 e. The van der Waals surface area contributed by atoms with Crippen LogP contribution in [0.15, 0.2) is 4.99 Å². The maximum atomic E-state index is 11.6. The van der Waals surface area contributed by atoms with Gasteiger partial charge in [-0.1, -0.05) is 34.6 Å². The van der Waals surface area contributed by atoms with E-state index >= 15 is 0 Å². The van der Waals surface area contributed by atoms with Crippen molar-refractivity contribution in [1.29, 1.82) is 0 Å². The van der Waals surface area contributed by atoms with Crippen LogP contribution in [0.5, 0.6) is 0 Å². The van der Waals surface area contributed by atoms with Crippen molar-refractivity contribution in [3.05, 3.63) is 0 Å². The number of hydrogen-bond donors (Lipinski definition) is 3. The Morgan fingerprint density at radius 3 is 2.55 bits per heavy atom. The third kappa shape index (κ3) is 8.15. The molecule has 0 heterocycles. The summed E-state index contributed by atoms with van der Waals surface area (Å²) in [5.41, 5.74) is 5.36. The lowest BCUT2D eigenvalue weighted by Gasteiger charge is -2.34. The fourth-order valence-corrected chi connectivity index (χ4v) is 2.14. The number of nitrogens with one attached hydrogen (secondary N) is 2. The first-order valence-electron chi connectivity index (χ1n) is 7.58. The first-order chi connectivity index (χ1) is 9.31. The van der Waals surface area contributed by atoms with Crippen LogP contribution >= 0.6 is 0 Å². The second-order valence-corrected chi connectivity index (χ2v) is 6.24. The molecule has 0 bridgehead atoms. The van der Waals surface area contributed by atoms with E-state index in [2.05, 4.69) is 36.4 Å². The lowest BCUT2D eigenvalue weighted by Crippen LogP contribution is -2.53. The van der Waals surface area contributed by atoms with Gasteiger partial charge in [0.15, 0.2) is 0 Å². The van der Waals surface area contributed by atoms with Gasteiger partial charge in [0.2, 0.25) is 5.91 Å². The SMILES string of the molecule is CCCN=CNCCCC(C)(C)C(NC(C)C)C(N)=O. The second kappa shape index (κ2) is 9.75. The van der Waals surface area contributed by atoms with Gasteiger partial charge in [-0.25, -0.2) is 0 Å². The van der Waals surface area contributed by atoms with Gasteiger partial charge in [0, 0.05) is 19.1 Å². The van der Waals surface area contributed by atoms with Gasteiger partial charge in [0.25, 0.3) is 0 Å². The molecule has 0 aliphatic carbocycles. The Morgan fingerprint density at radius 1 is 1.40 bits per heavy atom. The molecule has 1 unspecified atom stereocenters. The Labute approximate surface area is 123 Å². The molecular weight excluding hydrogens is 252 g/mol. The summed E-state index contributed by atoms with van der Waals surface area (Å²) in [7, 11) is 0. The number of rotatable bonds is 11. The number of primary amides is 1. The first-order valence-corrected chi connectivity index (χ1v) is 7.58. The van der Waals surface area contributed by atoms with E-state index in [4.69, 9.17) is 5.73 Å². The van der Waals surface area contributed by atoms with Crippen LogP contribution in [0.25, 0.3) is 0 Å². The Kier molecular flexibility index (Phi) is 9.21. The highest BCUT2D eigenvalue weighted by Crippen LogP contribution is 2.27. The Balaban J connectivity index is 4.17. The zero-order chi connectivity index (χ0) is 15.6. The molecule has 1 atom stereocenters. The molecule has 0 rings (SSSR count). The van der Waals surface area contributed by atoms with E-state index in [1.807, 2.05) is 13.8 Å². The molecule has 0 spiro atoms. The number of carbonyl (C=O) groups excluding carboxylic acids is 1. The van der Waals surface area contributed by atoms with E-state index in [1.165, 1.54) is 0 Å². The molecule has 0 aromatic carbocycles. The maximum Gasteiger partial charge on any atom is 0.235 e. The van der Waals surface area contributed by atoms with Crippen LogP contribution in [0.4, 0.5) is 0 Å². The third-order valence-corrected chi connectivity index (χ3v) is 3.24. The monoisotopic (exact) mass is 284 g/mol. The van der Waals surface area contributed by atoms with Crippen molar-refractivity contribution in [2.45, 2.75) is 66.0 Å². The molecule has 20 heavy (non-hydrogen) atoms. The summed E-state index contributed by atoms with van der Waals surface area (Å²) in [6.07, 6.45) is 4.74. The predicted molar refractivity (Wildman–Crippen MR) is 85.9 cm³/mol. The maximum absolute atomic E-state index is 11.6. The van der Waals surface area contributed by atoms with Crippen LogP contribution in [0.1, 0.15) is 53.9 Å². The predicted octanol–water partition coefficient (Wildman–Crippen LogP) is 1.67. The minimum absolute atomic E-state index is 0.154. The van der Waals surface area contributed by atoms with Crippen LogP contribution < -0.4 is 16.4 Å². The summed E-state index contributed by atoms with van der Waals surface area (Å²) in [5, 5.41) is 6.44. The first kappa shape index (κ1) is 18.9.